The second kappa shape index (κ2) is 13.4. The average Bonchev–Trinajstić information content (AvgIpc) is 2.95. The third kappa shape index (κ3) is 7.63. The fraction of sp³-hybridized carbons (Fsp3) is 0.167. The van der Waals surface area contributed by atoms with Gasteiger partial charge in [0.1, 0.15) is 17.6 Å². The highest BCUT2D eigenvalue weighted by Crippen LogP contribution is 2.23. The third-order valence-electron chi connectivity index (χ3n) is 5.91. The zero-order valence-electron chi connectivity index (χ0n) is 20.6. The first-order valence-corrected chi connectivity index (χ1v) is 12.5. The quantitative estimate of drug-likeness (QED) is 0.288. The van der Waals surface area contributed by atoms with E-state index in [0.29, 0.717) is 16.3 Å². The van der Waals surface area contributed by atoms with Gasteiger partial charge >= 0.3 is 0 Å². The van der Waals surface area contributed by atoms with E-state index in [-0.39, 0.29) is 37.8 Å². The Labute approximate surface area is 226 Å². The van der Waals surface area contributed by atoms with Gasteiger partial charge in [0.05, 0.1) is 5.02 Å². The van der Waals surface area contributed by atoms with Crippen molar-refractivity contribution in [2.75, 3.05) is 6.61 Å². The summed E-state index contributed by atoms with van der Waals surface area (Å²) in [5.41, 5.74) is 2.39. The fourth-order valence-electron chi connectivity index (χ4n) is 3.93. The van der Waals surface area contributed by atoms with Crippen molar-refractivity contribution in [3.8, 4) is 5.75 Å². The van der Waals surface area contributed by atoms with E-state index in [9.17, 15) is 14.0 Å². The molecule has 4 aromatic rings. The predicted octanol–water partition coefficient (Wildman–Crippen LogP) is 5.21. The number of carbonyl (C=O) groups excluding carboxylic acids is 2. The predicted molar refractivity (Wildman–Crippen MR) is 144 cm³/mol. The molecule has 0 fully saturated rings. The van der Waals surface area contributed by atoms with Gasteiger partial charge in [0, 0.05) is 31.9 Å². The lowest BCUT2D eigenvalue weighted by molar-refractivity contribution is -0.142. The monoisotopic (exact) mass is 531 g/mol. The molecule has 4 rings (SSSR count). The van der Waals surface area contributed by atoms with Gasteiger partial charge in [-0.15, -0.1) is 0 Å². The molecule has 1 aromatic heterocycles. The normalized spacial score (nSPS) is 11.4. The molecular weight excluding hydrogens is 505 g/mol. The van der Waals surface area contributed by atoms with E-state index in [2.05, 4.69) is 10.3 Å². The lowest BCUT2D eigenvalue weighted by atomic mass is 10.0. The zero-order chi connectivity index (χ0) is 26.7. The lowest BCUT2D eigenvalue weighted by Gasteiger charge is -2.31. The molecule has 0 unspecified atom stereocenters. The summed E-state index contributed by atoms with van der Waals surface area (Å²) in [6.45, 7) is 0.0155. The van der Waals surface area contributed by atoms with E-state index in [1.54, 1.807) is 54.9 Å². The summed E-state index contributed by atoms with van der Waals surface area (Å²) in [6.07, 6.45) is 3.61. The number of pyridine rings is 1. The number of carbonyl (C=O) groups is 2. The molecule has 1 N–H and O–H groups in total. The van der Waals surface area contributed by atoms with E-state index in [1.807, 2.05) is 36.4 Å². The Morgan fingerprint density at radius 3 is 2.32 bits per heavy atom. The van der Waals surface area contributed by atoms with Crippen molar-refractivity contribution < 1.29 is 18.7 Å². The molecule has 0 aliphatic rings. The van der Waals surface area contributed by atoms with Crippen molar-refractivity contribution in [3.63, 3.8) is 0 Å². The lowest BCUT2D eigenvalue weighted by Crippen LogP contribution is -2.51. The third-order valence-corrected chi connectivity index (χ3v) is 6.23. The molecule has 0 radical (unpaired) electrons. The standard InChI is InChI=1S/C30H27ClFN3O3/c31-26-10-4-5-11-28(26)38-21-29(36)35(20-23-12-14-25(32)15-13-23)27(17-22-7-2-1-3-8-22)30(37)34-19-24-9-6-16-33-18-24/h1-16,18,27H,17,19-21H2,(H,34,37)/t27-/m0/s1. The Balaban J connectivity index is 1.61. The minimum Gasteiger partial charge on any atom is -0.482 e. The number of nitrogens with zero attached hydrogens (tertiary/aromatic N) is 2. The van der Waals surface area contributed by atoms with Crippen LogP contribution in [0.4, 0.5) is 4.39 Å². The highest BCUT2D eigenvalue weighted by Gasteiger charge is 2.30. The van der Waals surface area contributed by atoms with Crippen LogP contribution in [-0.2, 0) is 29.1 Å². The molecule has 0 saturated carbocycles. The molecule has 2 amide bonds. The molecule has 1 atom stereocenters. The van der Waals surface area contributed by atoms with Crippen molar-refractivity contribution in [2.45, 2.75) is 25.6 Å². The fourth-order valence-corrected chi connectivity index (χ4v) is 4.12. The van der Waals surface area contributed by atoms with Gasteiger partial charge in [-0.1, -0.05) is 72.3 Å². The molecule has 0 spiro atoms. The maximum absolute atomic E-state index is 13.6. The first-order chi connectivity index (χ1) is 18.5. The molecule has 0 aliphatic carbocycles. The van der Waals surface area contributed by atoms with E-state index in [0.717, 1.165) is 11.1 Å². The summed E-state index contributed by atoms with van der Waals surface area (Å²) >= 11 is 6.20. The number of nitrogens with one attached hydrogen (secondary N) is 1. The Bertz CT molecular complexity index is 1340. The molecule has 0 saturated heterocycles. The zero-order valence-corrected chi connectivity index (χ0v) is 21.4. The number of halogens is 2. The van der Waals surface area contributed by atoms with Crippen LogP contribution in [0.2, 0.25) is 5.02 Å². The van der Waals surface area contributed by atoms with Gasteiger partial charge < -0.3 is 15.0 Å². The van der Waals surface area contributed by atoms with Gasteiger partial charge in [0.25, 0.3) is 5.91 Å². The first-order valence-electron chi connectivity index (χ1n) is 12.1. The molecule has 1 heterocycles. The van der Waals surface area contributed by atoms with Crippen molar-refractivity contribution >= 4 is 23.4 Å². The maximum atomic E-state index is 13.6. The van der Waals surface area contributed by atoms with Gasteiger partial charge in [-0.25, -0.2) is 4.39 Å². The summed E-state index contributed by atoms with van der Waals surface area (Å²) in [5.74, 6) is -0.758. The number of amides is 2. The number of rotatable bonds is 11. The molecule has 0 bridgehead atoms. The SMILES string of the molecule is O=C(NCc1cccnc1)[C@H](Cc1ccccc1)N(Cc1ccc(F)cc1)C(=O)COc1ccccc1Cl. The number of para-hydroxylation sites is 1. The number of hydrogen-bond acceptors (Lipinski definition) is 4. The summed E-state index contributed by atoms with van der Waals surface area (Å²) in [6, 6.07) is 25.0. The number of aromatic nitrogens is 1. The molecule has 3 aromatic carbocycles. The van der Waals surface area contributed by atoms with Crippen LogP contribution in [-0.4, -0.2) is 34.3 Å². The summed E-state index contributed by atoms with van der Waals surface area (Å²) in [7, 11) is 0. The highest BCUT2D eigenvalue weighted by molar-refractivity contribution is 6.32. The summed E-state index contributed by atoms with van der Waals surface area (Å²) < 4.78 is 19.3. The van der Waals surface area contributed by atoms with E-state index in [1.165, 1.54) is 17.0 Å². The van der Waals surface area contributed by atoms with Crippen molar-refractivity contribution in [2.24, 2.45) is 0 Å². The largest absolute Gasteiger partial charge is 0.482 e. The van der Waals surface area contributed by atoms with Crippen molar-refractivity contribution in [3.05, 3.63) is 131 Å². The minimum atomic E-state index is -0.860. The Morgan fingerprint density at radius 2 is 1.61 bits per heavy atom. The summed E-state index contributed by atoms with van der Waals surface area (Å²) in [5, 5.41) is 3.31. The van der Waals surface area contributed by atoms with Crippen LogP contribution in [0.25, 0.3) is 0 Å². The molecule has 38 heavy (non-hydrogen) atoms. The second-order valence-electron chi connectivity index (χ2n) is 8.65. The Kier molecular flexibility index (Phi) is 9.43. The van der Waals surface area contributed by atoms with Crippen LogP contribution in [0.15, 0.2) is 103 Å². The minimum absolute atomic E-state index is 0.0861. The van der Waals surface area contributed by atoms with Crippen LogP contribution in [0, 0.1) is 5.82 Å². The van der Waals surface area contributed by atoms with Crippen LogP contribution in [0.1, 0.15) is 16.7 Å². The molecule has 194 valence electrons. The number of benzene rings is 3. The van der Waals surface area contributed by atoms with Gasteiger partial charge in [0.2, 0.25) is 5.91 Å². The van der Waals surface area contributed by atoms with Gasteiger partial charge in [-0.2, -0.15) is 0 Å². The van der Waals surface area contributed by atoms with Gasteiger partial charge in [-0.3, -0.25) is 14.6 Å². The smallest absolute Gasteiger partial charge is 0.261 e. The molecule has 6 nitrogen and oxygen atoms in total. The number of ether oxygens (including phenoxy) is 1. The number of hydrogen-bond donors (Lipinski definition) is 1. The average molecular weight is 532 g/mol. The highest BCUT2D eigenvalue weighted by atomic mass is 35.5. The van der Waals surface area contributed by atoms with Crippen LogP contribution in [0.3, 0.4) is 0 Å². The summed E-state index contributed by atoms with van der Waals surface area (Å²) in [4.78, 5) is 32.8. The second-order valence-corrected chi connectivity index (χ2v) is 9.06. The van der Waals surface area contributed by atoms with E-state index >= 15 is 0 Å². The molecule has 0 aliphatic heterocycles. The Hall–Kier alpha value is -4.23. The molecule has 8 heteroatoms. The Morgan fingerprint density at radius 1 is 0.895 bits per heavy atom. The van der Waals surface area contributed by atoms with Gasteiger partial charge in [0.15, 0.2) is 6.61 Å². The van der Waals surface area contributed by atoms with Crippen LogP contribution in [0.5, 0.6) is 5.75 Å². The van der Waals surface area contributed by atoms with E-state index in [4.69, 9.17) is 16.3 Å². The topological polar surface area (TPSA) is 71.5 Å². The first kappa shape index (κ1) is 26.8. The van der Waals surface area contributed by atoms with Crippen LogP contribution < -0.4 is 10.1 Å². The van der Waals surface area contributed by atoms with Crippen molar-refractivity contribution in [1.29, 1.82) is 0 Å². The van der Waals surface area contributed by atoms with Crippen molar-refractivity contribution in [1.82, 2.24) is 15.2 Å². The molecular formula is C30H27ClFN3O3. The van der Waals surface area contributed by atoms with E-state index < -0.39 is 11.9 Å². The van der Waals surface area contributed by atoms with Gasteiger partial charge in [-0.05, 0) is 47.0 Å². The maximum Gasteiger partial charge on any atom is 0.261 e. The van der Waals surface area contributed by atoms with Crippen LogP contribution >= 0.6 is 11.6 Å².